The van der Waals surface area contributed by atoms with E-state index in [0.717, 1.165) is 26.3 Å². The number of nitrogen functional groups attached to an aromatic ring is 1. The van der Waals surface area contributed by atoms with Crippen LogP contribution in [0.4, 0.5) is 5.13 Å². The summed E-state index contributed by atoms with van der Waals surface area (Å²) in [4.78, 5) is 7.71. The third-order valence-electron chi connectivity index (χ3n) is 2.74. The van der Waals surface area contributed by atoms with Crippen molar-refractivity contribution in [1.82, 2.24) is 9.88 Å². The fourth-order valence-electron chi connectivity index (χ4n) is 1.77. The Bertz CT molecular complexity index is 343. The molecule has 2 rings (SSSR count). The van der Waals surface area contributed by atoms with Gasteiger partial charge in [0.1, 0.15) is 0 Å². The Morgan fingerprint density at radius 2 is 2.38 bits per heavy atom. The van der Waals surface area contributed by atoms with Gasteiger partial charge in [-0.3, -0.25) is 4.90 Å². The monoisotopic (exact) mass is 263 g/mol. The number of nitrogens with two attached hydrogens (primary N) is 1. The molecule has 0 saturated carbocycles. The van der Waals surface area contributed by atoms with Crippen molar-refractivity contribution >= 4 is 28.9 Å². The quantitative estimate of drug-likeness (QED) is 0.883. The van der Waals surface area contributed by atoms with E-state index in [1.54, 1.807) is 11.3 Å². The second-order valence-corrected chi connectivity index (χ2v) is 5.60. The molecule has 1 aromatic rings. The Hall–Kier alpha value is -0.360. The van der Waals surface area contributed by atoms with Crippen LogP contribution in [0.1, 0.15) is 18.7 Å². The highest BCUT2D eigenvalue weighted by Gasteiger charge is 2.30. The first kappa shape index (κ1) is 13.7. The molecule has 2 N–H and O–H groups in total. The summed E-state index contributed by atoms with van der Waals surface area (Å²) in [6, 6.07) is 0. The van der Waals surface area contributed by atoms with Crippen LogP contribution in [-0.2, 0) is 11.3 Å². The third kappa shape index (κ3) is 3.07. The number of nitrogens with zero attached hydrogens (tertiary/aromatic N) is 2. The van der Waals surface area contributed by atoms with Crippen LogP contribution in [0.3, 0.4) is 0 Å². The van der Waals surface area contributed by atoms with Gasteiger partial charge >= 0.3 is 0 Å². The Morgan fingerprint density at radius 1 is 1.62 bits per heavy atom. The van der Waals surface area contributed by atoms with Crippen LogP contribution in [-0.4, -0.2) is 35.2 Å². The number of aromatic nitrogens is 1. The van der Waals surface area contributed by atoms with Gasteiger partial charge in [0.2, 0.25) is 0 Å². The molecule has 16 heavy (non-hydrogen) atoms. The van der Waals surface area contributed by atoms with E-state index >= 15 is 0 Å². The molecule has 0 amide bonds. The van der Waals surface area contributed by atoms with Gasteiger partial charge in [-0.25, -0.2) is 4.98 Å². The van der Waals surface area contributed by atoms with E-state index in [2.05, 4.69) is 23.7 Å². The maximum atomic E-state index is 5.62. The number of hydrogen-bond donors (Lipinski definition) is 1. The van der Waals surface area contributed by atoms with Crippen molar-refractivity contribution in [2.45, 2.75) is 25.9 Å². The van der Waals surface area contributed by atoms with Crippen molar-refractivity contribution < 1.29 is 4.74 Å². The van der Waals surface area contributed by atoms with Crippen molar-refractivity contribution in [3.8, 4) is 0 Å². The van der Waals surface area contributed by atoms with Gasteiger partial charge in [0.05, 0.1) is 13.2 Å². The van der Waals surface area contributed by atoms with Gasteiger partial charge in [-0.15, -0.1) is 23.7 Å². The van der Waals surface area contributed by atoms with E-state index < -0.39 is 0 Å². The topological polar surface area (TPSA) is 51.4 Å². The summed E-state index contributed by atoms with van der Waals surface area (Å²) in [7, 11) is 0. The fraction of sp³-hybridized carbons (Fsp3) is 0.700. The molecule has 92 valence electrons. The van der Waals surface area contributed by atoms with Crippen LogP contribution < -0.4 is 5.73 Å². The lowest BCUT2D eigenvalue weighted by atomic mass is 10.0. The summed E-state index contributed by atoms with van der Waals surface area (Å²) in [6.07, 6.45) is 1.87. The Balaban J connectivity index is 0.00000128. The molecular formula is C10H18ClN3OS. The molecule has 1 aliphatic heterocycles. The summed E-state index contributed by atoms with van der Waals surface area (Å²) < 4.78 is 5.48. The molecule has 1 saturated heterocycles. The molecule has 0 radical (unpaired) electrons. The molecule has 0 spiro atoms. The van der Waals surface area contributed by atoms with E-state index in [0.29, 0.717) is 5.13 Å². The molecule has 0 aromatic carbocycles. The second-order valence-electron chi connectivity index (χ2n) is 4.45. The highest BCUT2D eigenvalue weighted by molar-refractivity contribution is 7.15. The van der Waals surface area contributed by atoms with Crippen LogP contribution in [0.2, 0.25) is 0 Å². The van der Waals surface area contributed by atoms with Crippen LogP contribution in [0, 0.1) is 0 Å². The van der Waals surface area contributed by atoms with E-state index in [-0.39, 0.29) is 17.9 Å². The summed E-state index contributed by atoms with van der Waals surface area (Å²) in [5.74, 6) is 0. The lowest BCUT2D eigenvalue weighted by molar-refractivity contribution is -0.0548. The first-order valence-corrected chi connectivity index (χ1v) is 5.92. The van der Waals surface area contributed by atoms with Crippen LogP contribution in [0.15, 0.2) is 6.20 Å². The predicted octanol–water partition coefficient (Wildman–Crippen LogP) is 1.76. The van der Waals surface area contributed by atoms with Gasteiger partial charge < -0.3 is 10.5 Å². The summed E-state index contributed by atoms with van der Waals surface area (Å²) in [5, 5.41) is 0.649. The minimum absolute atomic E-state index is 0. The smallest absolute Gasteiger partial charge is 0.180 e. The van der Waals surface area contributed by atoms with Gasteiger partial charge in [0.15, 0.2) is 5.13 Å². The molecule has 0 atom stereocenters. The zero-order valence-electron chi connectivity index (χ0n) is 9.60. The summed E-state index contributed by atoms with van der Waals surface area (Å²) in [5.41, 5.74) is 5.72. The van der Waals surface area contributed by atoms with E-state index in [9.17, 15) is 0 Å². The zero-order chi connectivity index (χ0) is 10.9. The number of halogens is 1. The van der Waals surface area contributed by atoms with Crippen molar-refractivity contribution in [1.29, 1.82) is 0 Å². The van der Waals surface area contributed by atoms with E-state index in [1.807, 2.05) is 6.20 Å². The third-order valence-corrected chi connectivity index (χ3v) is 3.55. The number of anilines is 1. The number of morpholine rings is 1. The first-order valence-electron chi connectivity index (χ1n) is 5.11. The normalized spacial score (nSPS) is 20.4. The predicted molar refractivity (Wildman–Crippen MR) is 69.1 cm³/mol. The Kier molecular flexibility index (Phi) is 4.55. The molecule has 0 bridgehead atoms. The molecule has 2 heterocycles. The number of thiazole rings is 1. The Labute approximate surface area is 106 Å². The van der Waals surface area contributed by atoms with Crippen LogP contribution >= 0.6 is 23.7 Å². The van der Waals surface area contributed by atoms with Gasteiger partial charge in [0.25, 0.3) is 0 Å². The number of hydrogen-bond acceptors (Lipinski definition) is 5. The van der Waals surface area contributed by atoms with Gasteiger partial charge in [-0.1, -0.05) is 0 Å². The van der Waals surface area contributed by atoms with Crippen LogP contribution in [0.25, 0.3) is 0 Å². The standard InChI is InChI=1S/C10H17N3OS.ClH/c1-10(2)7-14-4-3-13(10)6-8-5-12-9(11)15-8;/h5H,3-4,6-7H2,1-2H3,(H2,11,12);1H. The molecule has 4 nitrogen and oxygen atoms in total. The largest absolute Gasteiger partial charge is 0.378 e. The van der Waals surface area contributed by atoms with Gasteiger partial charge in [-0.2, -0.15) is 0 Å². The molecule has 1 aromatic heterocycles. The van der Waals surface area contributed by atoms with Gasteiger partial charge in [-0.05, 0) is 13.8 Å². The molecule has 1 fully saturated rings. The lowest BCUT2D eigenvalue weighted by Gasteiger charge is -2.41. The van der Waals surface area contributed by atoms with E-state index in [1.165, 1.54) is 4.88 Å². The first-order chi connectivity index (χ1) is 7.08. The highest BCUT2D eigenvalue weighted by Crippen LogP contribution is 2.24. The fourth-order valence-corrected chi connectivity index (χ4v) is 2.47. The van der Waals surface area contributed by atoms with Crippen molar-refractivity contribution in [3.63, 3.8) is 0 Å². The number of ether oxygens (including phenoxy) is 1. The second kappa shape index (κ2) is 5.31. The summed E-state index contributed by atoms with van der Waals surface area (Å²) in [6.45, 7) is 7.92. The van der Waals surface area contributed by atoms with Crippen molar-refractivity contribution in [3.05, 3.63) is 11.1 Å². The van der Waals surface area contributed by atoms with Gasteiger partial charge in [0, 0.05) is 29.7 Å². The minimum Gasteiger partial charge on any atom is -0.378 e. The van der Waals surface area contributed by atoms with Crippen LogP contribution in [0.5, 0.6) is 0 Å². The van der Waals surface area contributed by atoms with Crippen molar-refractivity contribution in [2.75, 3.05) is 25.5 Å². The average Bonchev–Trinajstić information content (AvgIpc) is 2.55. The molecule has 0 aliphatic carbocycles. The maximum absolute atomic E-state index is 5.62. The molecular weight excluding hydrogens is 246 g/mol. The zero-order valence-corrected chi connectivity index (χ0v) is 11.2. The summed E-state index contributed by atoms with van der Waals surface area (Å²) >= 11 is 1.57. The highest BCUT2D eigenvalue weighted by atomic mass is 35.5. The van der Waals surface area contributed by atoms with E-state index in [4.69, 9.17) is 10.5 Å². The molecule has 6 heteroatoms. The minimum atomic E-state index is 0. The van der Waals surface area contributed by atoms with Crippen molar-refractivity contribution in [2.24, 2.45) is 0 Å². The molecule has 0 unspecified atom stereocenters. The lowest BCUT2D eigenvalue weighted by Crippen LogP contribution is -2.52. The number of rotatable bonds is 2. The average molecular weight is 264 g/mol. The Morgan fingerprint density at radius 3 is 2.94 bits per heavy atom. The molecule has 1 aliphatic rings. The maximum Gasteiger partial charge on any atom is 0.180 e. The SMILES string of the molecule is CC1(C)COCCN1Cc1cnc(N)s1.Cl.